The molecule has 4 rings (SSSR count). The van der Waals surface area contributed by atoms with Crippen LogP contribution in [0.1, 0.15) is 43.2 Å². The Kier molecular flexibility index (Phi) is 10.9. The van der Waals surface area contributed by atoms with Crippen molar-refractivity contribution in [2.75, 3.05) is 24.9 Å². The number of carbonyl (C=O) groups excluding carboxylic acids is 2. The largest absolute Gasteiger partial charge is 0.352 e. The van der Waals surface area contributed by atoms with E-state index in [1.165, 1.54) is 49.3 Å². The fourth-order valence-electron chi connectivity index (χ4n) is 5.23. The molecule has 0 bridgehead atoms. The van der Waals surface area contributed by atoms with Crippen LogP contribution in [0.5, 0.6) is 0 Å². The summed E-state index contributed by atoms with van der Waals surface area (Å²) in [5.74, 6) is -2.22. The number of hydrogen-bond donors (Lipinski definition) is 1. The summed E-state index contributed by atoms with van der Waals surface area (Å²) in [6.07, 6.45) is 4.85. The van der Waals surface area contributed by atoms with Crippen molar-refractivity contribution in [2.24, 2.45) is 0 Å². The van der Waals surface area contributed by atoms with Gasteiger partial charge in [-0.15, -0.1) is 0 Å². The molecule has 0 heterocycles. The minimum atomic E-state index is -4.22. The van der Waals surface area contributed by atoms with E-state index in [1.807, 2.05) is 30.3 Å². The van der Waals surface area contributed by atoms with E-state index < -0.39 is 40.3 Å². The van der Waals surface area contributed by atoms with Crippen molar-refractivity contribution in [1.82, 2.24) is 14.5 Å². The predicted molar refractivity (Wildman–Crippen MR) is 162 cm³/mol. The van der Waals surface area contributed by atoms with Gasteiger partial charge in [0.1, 0.15) is 24.2 Å². The number of carbonyl (C=O) groups is 2. The van der Waals surface area contributed by atoms with Crippen molar-refractivity contribution in [3.05, 3.63) is 102 Å². The summed E-state index contributed by atoms with van der Waals surface area (Å²) in [6, 6.07) is 18.8. The predicted octanol–water partition coefficient (Wildman–Crippen LogP) is 4.67. The molecule has 1 aliphatic carbocycles. The molecule has 1 aliphatic rings. The molecule has 1 fully saturated rings. The van der Waals surface area contributed by atoms with Gasteiger partial charge in [0.05, 0.1) is 5.69 Å². The van der Waals surface area contributed by atoms with E-state index in [2.05, 4.69) is 5.32 Å². The van der Waals surface area contributed by atoms with Crippen LogP contribution < -0.4 is 9.62 Å². The smallest absolute Gasteiger partial charge is 0.304 e. The molecule has 230 valence electrons. The zero-order valence-electron chi connectivity index (χ0n) is 24.5. The minimum absolute atomic E-state index is 0.0465. The van der Waals surface area contributed by atoms with Gasteiger partial charge >= 0.3 is 10.2 Å². The van der Waals surface area contributed by atoms with Gasteiger partial charge in [-0.05, 0) is 48.7 Å². The number of rotatable bonds is 12. The van der Waals surface area contributed by atoms with E-state index in [4.69, 9.17) is 0 Å². The Morgan fingerprint density at radius 1 is 0.884 bits per heavy atom. The van der Waals surface area contributed by atoms with E-state index in [0.29, 0.717) is 0 Å². The third-order valence-corrected chi connectivity index (χ3v) is 9.47. The first-order valence-corrected chi connectivity index (χ1v) is 15.8. The number of hydrogen-bond acceptors (Lipinski definition) is 4. The highest BCUT2D eigenvalue weighted by molar-refractivity contribution is 7.90. The molecule has 1 atom stereocenters. The summed E-state index contributed by atoms with van der Waals surface area (Å²) >= 11 is 0. The van der Waals surface area contributed by atoms with Crippen LogP contribution in [0.3, 0.4) is 0 Å². The molecule has 0 spiro atoms. The minimum Gasteiger partial charge on any atom is -0.352 e. The standard InChI is InChI=1S/C32H38F2N4O4S/c1-36(2)43(41,42)38(28-19-17-26(33)18-20-28)23-31(39)37(22-25-13-9-10-16-29(25)34)30(21-24-11-5-3-6-12-24)32(40)35-27-14-7-4-8-15-27/h3,5-6,9-13,16-20,27,30H,4,7-8,14-15,21-23H2,1-2H3,(H,35,40)/t30-/m1/s1. The monoisotopic (exact) mass is 612 g/mol. The van der Waals surface area contributed by atoms with Crippen molar-refractivity contribution in [2.45, 2.75) is 57.2 Å². The van der Waals surface area contributed by atoms with E-state index in [-0.39, 0.29) is 36.2 Å². The maximum absolute atomic E-state index is 15.0. The zero-order chi connectivity index (χ0) is 31.0. The summed E-state index contributed by atoms with van der Waals surface area (Å²) in [7, 11) is -1.57. The van der Waals surface area contributed by atoms with E-state index >= 15 is 0 Å². The third kappa shape index (κ3) is 8.39. The van der Waals surface area contributed by atoms with Gasteiger partial charge in [0, 0.05) is 38.7 Å². The van der Waals surface area contributed by atoms with Crippen LogP contribution in [0.15, 0.2) is 78.9 Å². The highest BCUT2D eigenvalue weighted by Gasteiger charge is 2.35. The second kappa shape index (κ2) is 14.6. The topological polar surface area (TPSA) is 90.0 Å². The van der Waals surface area contributed by atoms with Crippen LogP contribution >= 0.6 is 0 Å². The SMILES string of the molecule is CN(C)S(=O)(=O)N(CC(=O)N(Cc1ccccc1F)[C@H](Cc1ccccc1)C(=O)NC1CCCCC1)c1ccc(F)cc1. The lowest BCUT2D eigenvalue weighted by atomic mass is 9.94. The number of amides is 2. The molecule has 3 aromatic carbocycles. The van der Waals surface area contributed by atoms with Gasteiger partial charge < -0.3 is 10.2 Å². The van der Waals surface area contributed by atoms with Crippen LogP contribution in [0.4, 0.5) is 14.5 Å². The molecule has 3 aromatic rings. The second-order valence-electron chi connectivity index (χ2n) is 10.9. The quantitative estimate of drug-likeness (QED) is 0.322. The number of anilines is 1. The Labute approximate surface area is 252 Å². The van der Waals surface area contributed by atoms with Crippen molar-refractivity contribution >= 4 is 27.7 Å². The molecular weight excluding hydrogens is 574 g/mol. The fourth-order valence-corrected chi connectivity index (χ4v) is 6.29. The van der Waals surface area contributed by atoms with Gasteiger partial charge in [-0.25, -0.2) is 13.1 Å². The Balaban J connectivity index is 1.75. The number of nitrogens with one attached hydrogen (secondary N) is 1. The molecule has 0 aromatic heterocycles. The van der Waals surface area contributed by atoms with Crippen molar-refractivity contribution in [3.63, 3.8) is 0 Å². The maximum Gasteiger partial charge on any atom is 0.304 e. The summed E-state index contributed by atoms with van der Waals surface area (Å²) in [5, 5.41) is 3.11. The first-order valence-electron chi connectivity index (χ1n) is 14.4. The van der Waals surface area contributed by atoms with Crippen molar-refractivity contribution in [1.29, 1.82) is 0 Å². The molecule has 43 heavy (non-hydrogen) atoms. The lowest BCUT2D eigenvalue weighted by Crippen LogP contribution is -2.55. The van der Waals surface area contributed by atoms with Crippen LogP contribution in [-0.4, -0.2) is 62.2 Å². The third-order valence-electron chi connectivity index (χ3n) is 7.65. The highest BCUT2D eigenvalue weighted by Crippen LogP contribution is 2.24. The lowest BCUT2D eigenvalue weighted by molar-refractivity contribution is -0.140. The Hall–Kier alpha value is -3.83. The van der Waals surface area contributed by atoms with Gasteiger partial charge in [0.2, 0.25) is 11.8 Å². The summed E-state index contributed by atoms with van der Waals surface area (Å²) in [6.45, 7) is -0.955. The van der Waals surface area contributed by atoms with Gasteiger partial charge in [-0.1, -0.05) is 67.8 Å². The molecule has 11 heteroatoms. The summed E-state index contributed by atoms with van der Waals surface area (Å²) in [4.78, 5) is 29.4. The van der Waals surface area contributed by atoms with E-state index in [0.717, 1.165) is 58.4 Å². The molecule has 1 N–H and O–H groups in total. The molecular formula is C32H38F2N4O4S. The summed E-state index contributed by atoms with van der Waals surface area (Å²) in [5.41, 5.74) is 1.04. The van der Waals surface area contributed by atoms with Crippen molar-refractivity contribution < 1.29 is 26.8 Å². The first kappa shape index (κ1) is 32.1. The normalized spacial score (nSPS) is 14.7. The molecule has 0 aliphatic heterocycles. The lowest BCUT2D eigenvalue weighted by Gasteiger charge is -2.35. The maximum atomic E-state index is 15.0. The van der Waals surface area contributed by atoms with Crippen LogP contribution in [0.2, 0.25) is 0 Å². The van der Waals surface area contributed by atoms with E-state index in [9.17, 15) is 26.8 Å². The van der Waals surface area contributed by atoms with E-state index in [1.54, 1.807) is 6.07 Å². The first-order chi connectivity index (χ1) is 20.6. The molecule has 0 unspecified atom stereocenters. The summed E-state index contributed by atoms with van der Waals surface area (Å²) < 4.78 is 57.3. The number of halogens is 2. The van der Waals surface area contributed by atoms with Crippen molar-refractivity contribution in [3.8, 4) is 0 Å². The molecule has 8 nitrogen and oxygen atoms in total. The van der Waals surface area contributed by atoms with Crippen LogP contribution in [0, 0.1) is 11.6 Å². The number of nitrogens with zero attached hydrogens (tertiary/aromatic N) is 3. The fraction of sp³-hybridized carbons (Fsp3) is 0.375. The second-order valence-corrected chi connectivity index (χ2v) is 13.0. The zero-order valence-corrected chi connectivity index (χ0v) is 25.3. The van der Waals surface area contributed by atoms with Crippen LogP contribution in [0.25, 0.3) is 0 Å². The molecule has 1 saturated carbocycles. The van der Waals surface area contributed by atoms with Gasteiger partial charge in [-0.2, -0.15) is 12.7 Å². The average molecular weight is 613 g/mol. The molecule has 0 saturated heterocycles. The average Bonchev–Trinajstić information content (AvgIpc) is 3.00. The highest BCUT2D eigenvalue weighted by atomic mass is 32.2. The molecule has 2 amide bonds. The van der Waals surface area contributed by atoms with Gasteiger partial charge in [0.25, 0.3) is 0 Å². The Morgan fingerprint density at radius 3 is 2.14 bits per heavy atom. The van der Waals surface area contributed by atoms with Gasteiger partial charge in [-0.3, -0.25) is 9.59 Å². The van der Waals surface area contributed by atoms with Gasteiger partial charge in [0.15, 0.2) is 0 Å². The van der Waals surface area contributed by atoms with Crippen LogP contribution in [-0.2, 0) is 32.8 Å². The Bertz CT molecular complexity index is 1480. The number of benzene rings is 3. The molecule has 0 radical (unpaired) electrons. The Morgan fingerprint density at radius 2 is 1.51 bits per heavy atom.